The van der Waals surface area contributed by atoms with Crippen molar-refractivity contribution in [3.63, 3.8) is 0 Å². The Labute approximate surface area is 118 Å². The van der Waals surface area contributed by atoms with E-state index in [2.05, 4.69) is 34.6 Å². The molecule has 1 atom stereocenters. The Bertz CT molecular complexity index is 418. The molecule has 102 valence electrons. The second-order valence-corrected chi connectivity index (χ2v) is 5.76. The molecule has 18 heavy (non-hydrogen) atoms. The lowest BCUT2D eigenvalue weighted by Gasteiger charge is -2.34. The lowest BCUT2D eigenvalue weighted by Crippen LogP contribution is -2.28. The molecule has 2 N–H and O–H groups in total. The predicted molar refractivity (Wildman–Crippen MR) is 81.6 cm³/mol. The zero-order valence-corrected chi connectivity index (χ0v) is 13.1. The van der Waals surface area contributed by atoms with Gasteiger partial charge in [0, 0.05) is 6.04 Å². The topological polar surface area (TPSA) is 26.0 Å². The molecule has 1 aromatic carbocycles. The van der Waals surface area contributed by atoms with Crippen LogP contribution in [0.5, 0.6) is 0 Å². The summed E-state index contributed by atoms with van der Waals surface area (Å²) in [5.41, 5.74) is 15.1. The van der Waals surface area contributed by atoms with Gasteiger partial charge in [0.15, 0.2) is 0 Å². The molecule has 1 aromatic rings. The van der Waals surface area contributed by atoms with Crippen molar-refractivity contribution < 1.29 is 0 Å². The molecular formula is C16H26ClN. The first-order valence-corrected chi connectivity index (χ1v) is 6.77. The van der Waals surface area contributed by atoms with Gasteiger partial charge in [0.05, 0.1) is 0 Å². The summed E-state index contributed by atoms with van der Waals surface area (Å²) in [5, 5.41) is 0. The van der Waals surface area contributed by atoms with Crippen molar-refractivity contribution in [2.45, 2.75) is 59.9 Å². The molecule has 0 amide bonds. The van der Waals surface area contributed by atoms with Crippen LogP contribution in [0.25, 0.3) is 0 Å². The summed E-state index contributed by atoms with van der Waals surface area (Å²) >= 11 is 0. The fourth-order valence-electron chi connectivity index (χ4n) is 3.06. The number of hydrogen-bond donors (Lipinski definition) is 1. The lowest BCUT2D eigenvalue weighted by molar-refractivity contribution is 0.263. The molecular weight excluding hydrogens is 242 g/mol. The smallest absolute Gasteiger partial charge is 0.0328 e. The number of halogens is 1. The van der Waals surface area contributed by atoms with E-state index >= 15 is 0 Å². The van der Waals surface area contributed by atoms with Crippen LogP contribution in [0.15, 0.2) is 0 Å². The maximum absolute atomic E-state index is 6.49. The van der Waals surface area contributed by atoms with Gasteiger partial charge in [0.25, 0.3) is 0 Å². The molecule has 0 radical (unpaired) electrons. The minimum Gasteiger partial charge on any atom is -0.324 e. The second kappa shape index (κ2) is 5.63. The third-order valence-corrected chi connectivity index (χ3v) is 5.05. The van der Waals surface area contributed by atoms with Crippen molar-refractivity contribution >= 4 is 12.4 Å². The first-order valence-electron chi connectivity index (χ1n) is 6.77. The van der Waals surface area contributed by atoms with E-state index in [-0.39, 0.29) is 18.4 Å². The standard InChI is InChI=1S/C16H25N.ClH/c1-9-10(2)12(4)15(13(5)11(9)3)16(17)14-7-6-8-14;/h14,16H,6-8,17H2,1-5H3;1H/t16-;/m1./s1. The summed E-state index contributed by atoms with van der Waals surface area (Å²) in [5.74, 6) is 0.717. The average molecular weight is 268 g/mol. The summed E-state index contributed by atoms with van der Waals surface area (Å²) in [6.07, 6.45) is 3.98. The predicted octanol–water partition coefficient (Wildman–Crippen LogP) is 4.45. The van der Waals surface area contributed by atoms with Crippen LogP contribution in [0.3, 0.4) is 0 Å². The van der Waals surface area contributed by atoms with Crippen LogP contribution in [0.4, 0.5) is 0 Å². The first-order chi connectivity index (χ1) is 7.95. The van der Waals surface area contributed by atoms with Gasteiger partial charge in [-0.1, -0.05) is 6.42 Å². The van der Waals surface area contributed by atoms with Gasteiger partial charge < -0.3 is 5.73 Å². The molecule has 0 saturated heterocycles. The number of hydrogen-bond acceptors (Lipinski definition) is 1. The van der Waals surface area contributed by atoms with Gasteiger partial charge in [0.2, 0.25) is 0 Å². The molecule has 0 aromatic heterocycles. The Morgan fingerprint density at radius 2 is 1.22 bits per heavy atom. The quantitative estimate of drug-likeness (QED) is 0.842. The van der Waals surface area contributed by atoms with Gasteiger partial charge in [-0.2, -0.15) is 0 Å². The zero-order chi connectivity index (χ0) is 12.7. The molecule has 1 nitrogen and oxygen atoms in total. The molecule has 0 aliphatic heterocycles. The lowest BCUT2D eigenvalue weighted by atomic mass is 9.74. The van der Waals surface area contributed by atoms with Crippen LogP contribution in [0.1, 0.15) is 58.7 Å². The van der Waals surface area contributed by atoms with Crippen LogP contribution >= 0.6 is 12.4 Å². The first kappa shape index (κ1) is 15.5. The minimum absolute atomic E-state index is 0. The molecule has 1 aliphatic carbocycles. The fourth-order valence-corrected chi connectivity index (χ4v) is 3.06. The van der Waals surface area contributed by atoms with E-state index in [0.717, 1.165) is 0 Å². The Morgan fingerprint density at radius 1 is 0.833 bits per heavy atom. The van der Waals surface area contributed by atoms with Crippen molar-refractivity contribution in [2.24, 2.45) is 11.7 Å². The van der Waals surface area contributed by atoms with E-state index in [1.165, 1.54) is 52.6 Å². The molecule has 1 aliphatic rings. The van der Waals surface area contributed by atoms with Gasteiger partial charge in [-0.15, -0.1) is 12.4 Å². The van der Waals surface area contributed by atoms with Crippen LogP contribution < -0.4 is 5.73 Å². The molecule has 2 heteroatoms. The third-order valence-electron chi connectivity index (χ3n) is 5.05. The molecule has 1 saturated carbocycles. The average Bonchev–Trinajstić information content (AvgIpc) is 2.21. The molecule has 0 heterocycles. The highest BCUT2D eigenvalue weighted by Gasteiger charge is 2.28. The number of benzene rings is 1. The van der Waals surface area contributed by atoms with Gasteiger partial charge in [0.1, 0.15) is 0 Å². The Kier molecular flexibility index (Phi) is 4.85. The van der Waals surface area contributed by atoms with E-state index in [1.807, 2.05) is 0 Å². The maximum Gasteiger partial charge on any atom is 0.0328 e. The van der Waals surface area contributed by atoms with E-state index in [1.54, 1.807) is 0 Å². The maximum atomic E-state index is 6.49. The van der Waals surface area contributed by atoms with E-state index < -0.39 is 0 Å². The third kappa shape index (κ3) is 2.31. The van der Waals surface area contributed by atoms with Crippen LogP contribution in [0, 0.1) is 40.5 Å². The summed E-state index contributed by atoms with van der Waals surface area (Å²) in [6, 6.07) is 0.252. The van der Waals surface area contributed by atoms with Crippen LogP contribution in [-0.2, 0) is 0 Å². The summed E-state index contributed by atoms with van der Waals surface area (Å²) in [7, 11) is 0. The molecule has 2 rings (SSSR count). The second-order valence-electron chi connectivity index (χ2n) is 5.76. The Hall–Kier alpha value is -0.530. The van der Waals surface area contributed by atoms with Crippen LogP contribution in [0.2, 0.25) is 0 Å². The van der Waals surface area contributed by atoms with E-state index in [0.29, 0.717) is 5.92 Å². The van der Waals surface area contributed by atoms with Gasteiger partial charge in [-0.3, -0.25) is 0 Å². The van der Waals surface area contributed by atoms with E-state index in [4.69, 9.17) is 5.73 Å². The summed E-state index contributed by atoms with van der Waals surface area (Å²) < 4.78 is 0. The highest BCUT2D eigenvalue weighted by atomic mass is 35.5. The highest BCUT2D eigenvalue weighted by Crippen LogP contribution is 2.40. The normalized spacial score (nSPS) is 17.0. The number of rotatable bonds is 2. The van der Waals surface area contributed by atoms with Crippen molar-refractivity contribution in [2.75, 3.05) is 0 Å². The Morgan fingerprint density at radius 3 is 1.56 bits per heavy atom. The van der Waals surface area contributed by atoms with Gasteiger partial charge in [-0.25, -0.2) is 0 Å². The largest absolute Gasteiger partial charge is 0.324 e. The van der Waals surface area contributed by atoms with Crippen molar-refractivity contribution in [1.82, 2.24) is 0 Å². The molecule has 1 fully saturated rings. The summed E-state index contributed by atoms with van der Waals surface area (Å²) in [6.45, 7) is 11.2. The van der Waals surface area contributed by atoms with E-state index in [9.17, 15) is 0 Å². The van der Waals surface area contributed by atoms with Crippen molar-refractivity contribution in [1.29, 1.82) is 0 Å². The van der Waals surface area contributed by atoms with Gasteiger partial charge in [-0.05, 0) is 86.8 Å². The molecule has 0 bridgehead atoms. The SMILES string of the molecule is Cc1c(C)c(C)c([C@H](N)C2CCC2)c(C)c1C.Cl. The Balaban J connectivity index is 0.00000162. The van der Waals surface area contributed by atoms with Gasteiger partial charge >= 0.3 is 0 Å². The summed E-state index contributed by atoms with van der Waals surface area (Å²) in [4.78, 5) is 0. The fraction of sp³-hybridized carbons (Fsp3) is 0.625. The number of nitrogens with two attached hydrogens (primary N) is 1. The minimum atomic E-state index is 0. The highest BCUT2D eigenvalue weighted by molar-refractivity contribution is 5.85. The molecule has 0 spiro atoms. The molecule has 0 unspecified atom stereocenters. The zero-order valence-electron chi connectivity index (χ0n) is 12.3. The van der Waals surface area contributed by atoms with Crippen molar-refractivity contribution in [3.8, 4) is 0 Å². The van der Waals surface area contributed by atoms with Crippen LogP contribution in [-0.4, -0.2) is 0 Å². The monoisotopic (exact) mass is 267 g/mol. The van der Waals surface area contributed by atoms with Crippen molar-refractivity contribution in [3.05, 3.63) is 33.4 Å².